The van der Waals surface area contributed by atoms with Crippen molar-refractivity contribution in [3.05, 3.63) is 29.8 Å². The molecule has 0 atom stereocenters. The van der Waals surface area contributed by atoms with Crippen LogP contribution in [0.3, 0.4) is 0 Å². The molecule has 0 saturated heterocycles. The van der Waals surface area contributed by atoms with Gasteiger partial charge in [0, 0.05) is 11.7 Å². The third-order valence-corrected chi connectivity index (χ3v) is 3.86. The third-order valence-electron chi connectivity index (χ3n) is 2.85. The lowest BCUT2D eigenvalue weighted by Gasteiger charge is -2.18. The Morgan fingerprint density at radius 1 is 1.22 bits per heavy atom. The van der Waals surface area contributed by atoms with Crippen molar-refractivity contribution in [1.29, 1.82) is 0 Å². The Morgan fingerprint density at radius 2 is 1.94 bits per heavy atom. The first-order valence-electron chi connectivity index (χ1n) is 5.93. The van der Waals surface area contributed by atoms with Crippen molar-refractivity contribution in [2.24, 2.45) is 0 Å². The minimum atomic E-state index is -0.183. The number of thiophene rings is 1. The average Bonchev–Trinajstić information content (AvgIpc) is 2.68. The fourth-order valence-corrected chi connectivity index (χ4v) is 2.73. The standard InChI is InChI=1S/C14H18N2OS/c1-14(2,3)10-6-5-9-7-12(16-13(17)15-4)18-11(9)8-10/h5-8H,1-4H3,(H2,15,16,17). The molecule has 2 rings (SSSR count). The molecule has 2 amide bonds. The molecule has 0 radical (unpaired) electrons. The molecule has 1 aromatic heterocycles. The van der Waals surface area contributed by atoms with Crippen molar-refractivity contribution in [2.75, 3.05) is 12.4 Å². The van der Waals surface area contributed by atoms with Crippen LogP contribution >= 0.6 is 11.3 Å². The molecule has 0 bridgehead atoms. The summed E-state index contributed by atoms with van der Waals surface area (Å²) in [7, 11) is 1.61. The Hall–Kier alpha value is -1.55. The van der Waals surface area contributed by atoms with Crippen LogP contribution in [0.25, 0.3) is 10.1 Å². The quantitative estimate of drug-likeness (QED) is 0.802. The van der Waals surface area contributed by atoms with Gasteiger partial charge in [-0.05, 0) is 28.5 Å². The van der Waals surface area contributed by atoms with Crippen molar-refractivity contribution < 1.29 is 4.79 Å². The van der Waals surface area contributed by atoms with Crippen LogP contribution in [0.15, 0.2) is 24.3 Å². The maximum absolute atomic E-state index is 11.3. The van der Waals surface area contributed by atoms with Gasteiger partial charge in [0.15, 0.2) is 0 Å². The lowest BCUT2D eigenvalue weighted by atomic mass is 9.87. The first-order chi connectivity index (χ1) is 8.40. The number of carbonyl (C=O) groups excluding carboxylic acids is 1. The van der Waals surface area contributed by atoms with E-state index in [0.717, 1.165) is 5.00 Å². The summed E-state index contributed by atoms with van der Waals surface area (Å²) in [5, 5.41) is 7.39. The Labute approximate surface area is 111 Å². The minimum absolute atomic E-state index is 0.145. The van der Waals surface area contributed by atoms with E-state index in [2.05, 4.69) is 49.6 Å². The topological polar surface area (TPSA) is 41.1 Å². The molecule has 1 heterocycles. The number of fused-ring (bicyclic) bond motifs is 1. The predicted octanol–water partition coefficient (Wildman–Crippen LogP) is 3.95. The van der Waals surface area contributed by atoms with Crippen LogP contribution in [-0.4, -0.2) is 13.1 Å². The van der Waals surface area contributed by atoms with E-state index < -0.39 is 0 Å². The highest BCUT2D eigenvalue weighted by Gasteiger charge is 2.14. The molecule has 0 fully saturated rings. The van der Waals surface area contributed by atoms with Crippen LogP contribution in [0, 0.1) is 0 Å². The molecular formula is C14H18N2OS. The monoisotopic (exact) mass is 262 g/mol. The zero-order valence-corrected chi connectivity index (χ0v) is 11.9. The highest BCUT2D eigenvalue weighted by molar-refractivity contribution is 7.22. The summed E-state index contributed by atoms with van der Waals surface area (Å²) in [4.78, 5) is 11.3. The van der Waals surface area contributed by atoms with Gasteiger partial charge in [0.1, 0.15) is 0 Å². The Morgan fingerprint density at radius 3 is 2.56 bits per heavy atom. The Bertz CT molecular complexity index is 581. The van der Waals surface area contributed by atoms with Crippen molar-refractivity contribution in [1.82, 2.24) is 5.32 Å². The number of amides is 2. The van der Waals surface area contributed by atoms with Gasteiger partial charge in [-0.2, -0.15) is 0 Å². The van der Waals surface area contributed by atoms with Crippen LogP contribution in [0.4, 0.5) is 9.80 Å². The summed E-state index contributed by atoms with van der Waals surface area (Å²) >= 11 is 1.60. The Kier molecular flexibility index (Phi) is 3.30. The fraction of sp³-hybridized carbons (Fsp3) is 0.357. The molecule has 4 heteroatoms. The molecule has 0 unspecified atom stereocenters. The highest BCUT2D eigenvalue weighted by Crippen LogP contribution is 2.33. The number of rotatable bonds is 1. The lowest BCUT2D eigenvalue weighted by molar-refractivity contribution is 0.254. The van der Waals surface area contributed by atoms with Gasteiger partial charge in [-0.1, -0.05) is 32.9 Å². The molecule has 0 aliphatic rings. The molecule has 3 nitrogen and oxygen atoms in total. The second-order valence-electron chi connectivity index (χ2n) is 5.32. The fourth-order valence-electron chi connectivity index (χ4n) is 1.73. The van der Waals surface area contributed by atoms with E-state index in [1.807, 2.05) is 6.07 Å². The number of urea groups is 1. The van der Waals surface area contributed by atoms with Crippen LogP contribution in [0.5, 0.6) is 0 Å². The molecule has 2 N–H and O–H groups in total. The first-order valence-corrected chi connectivity index (χ1v) is 6.74. The molecule has 96 valence electrons. The molecule has 0 aliphatic carbocycles. The van der Waals surface area contributed by atoms with Gasteiger partial charge in [-0.25, -0.2) is 4.79 Å². The number of carbonyl (C=O) groups is 1. The molecule has 2 aromatic rings. The number of nitrogens with one attached hydrogen (secondary N) is 2. The van der Waals surface area contributed by atoms with E-state index in [-0.39, 0.29) is 11.4 Å². The summed E-state index contributed by atoms with van der Waals surface area (Å²) in [6, 6.07) is 8.29. The summed E-state index contributed by atoms with van der Waals surface area (Å²) in [5.41, 5.74) is 1.45. The van der Waals surface area contributed by atoms with Crippen molar-refractivity contribution in [3.8, 4) is 0 Å². The second kappa shape index (κ2) is 4.61. The second-order valence-corrected chi connectivity index (χ2v) is 6.40. The van der Waals surface area contributed by atoms with Crippen LogP contribution in [-0.2, 0) is 5.41 Å². The Balaban J connectivity index is 2.37. The number of hydrogen-bond acceptors (Lipinski definition) is 2. The molecule has 1 aromatic carbocycles. The van der Waals surface area contributed by atoms with Crippen LogP contribution < -0.4 is 10.6 Å². The van der Waals surface area contributed by atoms with Gasteiger partial charge in [0.05, 0.1) is 5.00 Å². The van der Waals surface area contributed by atoms with Crippen molar-refractivity contribution in [2.45, 2.75) is 26.2 Å². The normalized spacial score (nSPS) is 11.6. The van der Waals surface area contributed by atoms with Gasteiger partial charge in [0.25, 0.3) is 0 Å². The first kappa shape index (κ1) is 12.9. The summed E-state index contributed by atoms with van der Waals surface area (Å²) in [6.45, 7) is 6.60. The largest absolute Gasteiger partial charge is 0.341 e. The summed E-state index contributed by atoms with van der Waals surface area (Å²) in [6.07, 6.45) is 0. The lowest BCUT2D eigenvalue weighted by Crippen LogP contribution is -2.23. The van der Waals surface area contributed by atoms with Crippen LogP contribution in [0.1, 0.15) is 26.3 Å². The number of hydrogen-bond donors (Lipinski definition) is 2. The molecule has 0 spiro atoms. The van der Waals surface area contributed by atoms with E-state index in [1.54, 1.807) is 18.4 Å². The highest BCUT2D eigenvalue weighted by atomic mass is 32.1. The van der Waals surface area contributed by atoms with Gasteiger partial charge in [-0.15, -0.1) is 11.3 Å². The molecular weight excluding hydrogens is 244 g/mol. The van der Waals surface area contributed by atoms with Gasteiger partial charge >= 0.3 is 6.03 Å². The zero-order valence-electron chi connectivity index (χ0n) is 11.1. The summed E-state index contributed by atoms with van der Waals surface area (Å²) in [5.74, 6) is 0. The maximum atomic E-state index is 11.3. The zero-order chi connectivity index (χ0) is 13.3. The smallest absolute Gasteiger partial charge is 0.319 e. The van der Waals surface area contributed by atoms with E-state index >= 15 is 0 Å². The van der Waals surface area contributed by atoms with Crippen molar-refractivity contribution in [3.63, 3.8) is 0 Å². The van der Waals surface area contributed by atoms with Gasteiger partial charge in [-0.3, -0.25) is 5.32 Å². The van der Waals surface area contributed by atoms with E-state index in [4.69, 9.17) is 0 Å². The number of anilines is 1. The van der Waals surface area contributed by atoms with E-state index in [9.17, 15) is 4.79 Å². The van der Waals surface area contributed by atoms with Crippen molar-refractivity contribution >= 4 is 32.5 Å². The van der Waals surface area contributed by atoms with Gasteiger partial charge < -0.3 is 5.32 Å². The third kappa shape index (κ3) is 2.64. The molecule has 0 saturated carbocycles. The van der Waals surface area contributed by atoms with E-state index in [0.29, 0.717) is 0 Å². The van der Waals surface area contributed by atoms with Crippen LogP contribution in [0.2, 0.25) is 0 Å². The minimum Gasteiger partial charge on any atom is -0.341 e. The molecule has 0 aliphatic heterocycles. The SMILES string of the molecule is CNC(=O)Nc1cc2ccc(C(C)(C)C)cc2s1. The number of benzene rings is 1. The summed E-state index contributed by atoms with van der Waals surface area (Å²) < 4.78 is 1.20. The van der Waals surface area contributed by atoms with E-state index in [1.165, 1.54) is 15.6 Å². The predicted molar refractivity (Wildman–Crippen MR) is 78.6 cm³/mol. The van der Waals surface area contributed by atoms with Gasteiger partial charge in [0.2, 0.25) is 0 Å². The maximum Gasteiger partial charge on any atom is 0.319 e. The average molecular weight is 262 g/mol. The molecule has 18 heavy (non-hydrogen) atoms.